The van der Waals surface area contributed by atoms with Crippen LogP contribution in [-0.2, 0) is 6.54 Å². The van der Waals surface area contributed by atoms with Gasteiger partial charge >= 0.3 is 0 Å². The third-order valence-corrected chi connectivity index (χ3v) is 2.40. The van der Waals surface area contributed by atoms with E-state index in [0.29, 0.717) is 5.82 Å². The molecule has 0 aliphatic carbocycles. The van der Waals surface area contributed by atoms with Crippen molar-refractivity contribution in [2.75, 3.05) is 5.73 Å². The van der Waals surface area contributed by atoms with Crippen molar-refractivity contribution >= 4 is 5.82 Å². The minimum atomic E-state index is 0.547. The molecule has 2 N–H and O–H groups in total. The minimum absolute atomic E-state index is 0.547. The molecule has 0 spiro atoms. The summed E-state index contributed by atoms with van der Waals surface area (Å²) in [5.74, 6) is 1.49. The monoisotopic (exact) mass is 202 g/mol. The normalized spacial score (nSPS) is 10.5. The molecule has 2 rings (SSSR count). The summed E-state index contributed by atoms with van der Waals surface area (Å²) in [5, 5.41) is 0. The van der Waals surface area contributed by atoms with E-state index >= 15 is 0 Å². The van der Waals surface area contributed by atoms with Crippen molar-refractivity contribution in [2.24, 2.45) is 0 Å². The number of imidazole rings is 1. The van der Waals surface area contributed by atoms with E-state index in [1.165, 1.54) is 0 Å². The highest BCUT2D eigenvalue weighted by atomic mass is 15.1. The topological polar surface area (TPSA) is 56.7 Å². The Hall–Kier alpha value is -1.84. The van der Waals surface area contributed by atoms with Crippen LogP contribution in [0.3, 0.4) is 0 Å². The zero-order valence-electron chi connectivity index (χ0n) is 8.94. The highest BCUT2D eigenvalue weighted by molar-refractivity contribution is 5.60. The zero-order chi connectivity index (χ0) is 10.8. The molecule has 0 bridgehead atoms. The average molecular weight is 202 g/mol. The van der Waals surface area contributed by atoms with Crippen LogP contribution < -0.4 is 5.73 Å². The largest absolute Gasteiger partial charge is 0.384 e. The summed E-state index contributed by atoms with van der Waals surface area (Å²) in [6.45, 7) is 4.94. The fraction of sp³-hybridized carbons (Fsp3) is 0.273. The first-order valence-electron chi connectivity index (χ1n) is 4.97. The van der Waals surface area contributed by atoms with Crippen molar-refractivity contribution in [3.8, 4) is 11.4 Å². The molecule has 2 aromatic heterocycles. The Labute approximate surface area is 88.8 Å². The number of hydrogen-bond acceptors (Lipinski definition) is 3. The molecule has 2 aromatic rings. The number of aryl methyl sites for hydroxylation is 2. The van der Waals surface area contributed by atoms with Gasteiger partial charge in [-0.1, -0.05) is 0 Å². The number of nitrogens with zero attached hydrogens (tertiary/aromatic N) is 3. The van der Waals surface area contributed by atoms with Crippen LogP contribution in [0, 0.1) is 6.92 Å². The molecule has 0 amide bonds. The summed E-state index contributed by atoms with van der Waals surface area (Å²) in [7, 11) is 0. The van der Waals surface area contributed by atoms with Crippen LogP contribution >= 0.6 is 0 Å². The van der Waals surface area contributed by atoms with Gasteiger partial charge in [0.1, 0.15) is 11.6 Å². The van der Waals surface area contributed by atoms with Crippen molar-refractivity contribution < 1.29 is 0 Å². The summed E-state index contributed by atoms with van der Waals surface area (Å²) in [6.07, 6.45) is 3.76. The van der Waals surface area contributed by atoms with E-state index in [1.807, 2.05) is 19.2 Å². The summed E-state index contributed by atoms with van der Waals surface area (Å²) in [4.78, 5) is 8.56. The second kappa shape index (κ2) is 3.73. The van der Waals surface area contributed by atoms with Crippen molar-refractivity contribution in [3.05, 3.63) is 30.2 Å². The summed E-state index contributed by atoms with van der Waals surface area (Å²) in [6, 6.07) is 3.77. The summed E-state index contributed by atoms with van der Waals surface area (Å²) >= 11 is 0. The number of nitrogens with two attached hydrogens (primary N) is 1. The molecular weight excluding hydrogens is 188 g/mol. The molecule has 0 aromatic carbocycles. The predicted molar refractivity (Wildman–Crippen MR) is 60.3 cm³/mol. The van der Waals surface area contributed by atoms with Gasteiger partial charge in [-0.2, -0.15) is 0 Å². The van der Waals surface area contributed by atoms with Crippen LogP contribution in [0.1, 0.15) is 12.6 Å². The van der Waals surface area contributed by atoms with Crippen LogP contribution in [0.2, 0.25) is 0 Å². The Morgan fingerprint density at radius 1 is 1.40 bits per heavy atom. The highest BCUT2D eigenvalue weighted by Gasteiger charge is 2.08. The number of anilines is 1. The molecule has 0 saturated heterocycles. The van der Waals surface area contributed by atoms with Crippen LogP contribution in [-0.4, -0.2) is 14.5 Å². The highest BCUT2D eigenvalue weighted by Crippen LogP contribution is 2.21. The number of nitrogen functional groups attached to an aromatic ring is 1. The van der Waals surface area contributed by atoms with Crippen LogP contribution in [0.5, 0.6) is 0 Å². The number of hydrogen-bond donors (Lipinski definition) is 1. The first-order chi connectivity index (χ1) is 7.22. The lowest BCUT2D eigenvalue weighted by atomic mass is 10.2. The van der Waals surface area contributed by atoms with Gasteiger partial charge < -0.3 is 10.3 Å². The first-order valence-corrected chi connectivity index (χ1v) is 4.97. The molecule has 4 heteroatoms. The fourth-order valence-electron chi connectivity index (χ4n) is 1.63. The standard InChI is InChI=1S/C11H14N4/c1-3-15-7-6-13-11(15)9-4-5-10(12)14-8(9)2/h4-7H,3H2,1-2H3,(H2,12,14). The maximum absolute atomic E-state index is 5.61. The van der Waals surface area contributed by atoms with Gasteiger partial charge in [-0.05, 0) is 26.0 Å². The minimum Gasteiger partial charge on any atom is -0.384 e. The van der Waals surface area contributed by atoms with E-state index in [2.05, 4.69) is 21.5 Å². The Balaban J connectivity index is 2.54. The Morgan fingerprint density at radius 3 is 2.87 bits per heavy atom. The average Bonchev–Trinajstić information content (AvgIpc) is 2.65. The van der Waals surface area contributed by atoms with E-state index in [4.69, 9.17) is 5.73 Å². The SMILES string of the molecule is CCn1ccnc1-c1ccc(N)nc1C. The molecular formula is C11H14N4. The molecule has 0 aliphatic rings. The van der Waals surface area contributed by atoms with Gasteiger partial charge in [0.25, 0.3) is 0 Å². The van der Waals surface area contributed by atoms with Gasteiger partial charge in [0.15, 0.2) is 0 Å². The number of aromatic nitrogens is 3. The third-order valence-electron chi connectivity index (χ3n) is 2.40. The maximum atomic E-state index is 5.61. The van der Waals surface area contributed by atoms with Gasteiger partial charge in [0.05, 0.1) is 5.69 Å². The van der Waals surface area contributed by atoms with Gasteiger partial charge in [0, 0.05) is 24.5 Å². The van der Waals surface area contributed by atoms with Crippen molar-refractivity contribution in [1.29, 1.82) is 0 Å². The van der Waals surface area contributed by atoms with E-state index < -0.39 is 0 Å². The zero-order valence-corrected chi connectivity index (χ0v) is 8.94. The summed E-state index contributed by atoms with van der Waals surface area (Å²) in [5.41, 5.74) is 7.56. The van der Waals surface area contributed by atoms with Crippen LogP contribution in [0.25, 0.3) is 11.4 Å². The smallest absolute Gasteiger partial charge is 0.141 e. The molecule has 15 heavy (non-hydrogen) atoms. The van der Waals surface area contributed by atoms with E-state index in [0.717, 1.165) is 23.6 Å². The molecule has 0 aliphatic heterocycles. The summed E-state index contributed by atoms with van der Waals surface area (Å²) < 4.78 is 2.08. The quantitative estimate of drug-likeness (QED) is 0.808. The van der Waals surface area contributed by atoms with E-state index in [-0.39, 0.29) is 0 Å². The van der Waals surface area contributed by atoms with E-state index in [9.17, 15) is 0 Å². The van der Waals surface area contributed by atoms with E-state index in [1.54, 1.807) is 12.3 Å². The Kier molecular flexibility index (Phi) is 2.41. The van der Waals surface area contributed by atoms with Crippen molar-refractivity contribution in [1.82, 2.24) is 14.5 Å². The van der Waals surface area contributed by atoms with Crippen LogP contribution in [0.4, 0.5) is 5.82 Å². The van der Waals surface area contributed by atoms with Gasteiger partial charge in [-0.25, -0.2) is 9.97 Å². The second-order valence-electron chi connectivity index (χ2n) is 3.41. The second-order valence-corrected chi connectivity index (χ2v) is 3.41. The first kappa shape index (κ1) is 9.71. The Morgan fingerprint density at radius 2 is 2.20 bits per heavy atom. The molecule has 0 saturated carbocycles. The van der Waals surface area contributed by atoms with Crippen molar-refractivity contribution in [3.63, 3.8) is 0 Å². The molecule has 0 radical (unpaired) electrons. The number of pyridine rings is 1. The van der Waals surface area contributed by atoms with Crippen LogP contribution in [0.15, 0.2) is 24.5 Å². The Bertz CT molecular complexity index is 473. The molecule has 4 nitrogen and oxygen atoms in total. The molecule has 0 atom stereocenters. The lowest BCUT2D eigenvalue weighted by Crippen LogP contribution is -2.00. The van der Waals surface area contributed by atoms with Gasteiger partial charge in [-0.3, -0.25) is 0 Å². The molecule has 78 valence electrons. The number of rotatable bonds is 2. The molecule has 2 heterocycles. The lowest BCUT2D eigenvalue weighted by Gasteiger charge is -2.07. The lowest BCUT2D eigenvalue weighted by molar-refractivity contribution is 0.769. The maximum Gasteiger partial charge on any atom is 0.141 e. The van der Waals surface area contributed by atoms with Crippen molar-refractivity contribution in [2.45, 2.75) is 20.4 Å². The van der Waals surface area contributed by atoms with Gasteiger partial charge in [0.2, 0.25) is 0 Å². The molecule has 0 fully saturated rings. The van der Waals surface area contributed by atoms with Gasteiger partial charge in [-0.15, -0.1) is 0 Å². The third kappa shape index (κ3) is 1.70. The predicted octanol–water partition coefficient (Wildman–Crippen LogP) is 1.86. The molecule has 0 unspecified atom stereocenters. The fourth-order valence-corrected chi connectivity index (χ4v) is 1.63.